The van der Waals surface area contributed by atoms with E-state index in [1.807, 2.05) is 49.4 Å². The molecule has 0 radical (unpaired) electrons. The van der Waals surface area contributed by atoms with Crippen molar-refractivity contribution >= 4 is 0 Å². The zero-order valence-corrected chi connectivity index (χ0v) is 9.71. The van der Waals surface area contributed by atoms with E-state index in [0.717, 1.165) is 16.8 Å². The van der Waals surface area contributed by atoms with E-state index in [4.69, 9.17) is 4.74 Å². The van der Waals surface area contributed by atoms with E-state index in [1.54, 1.807) is 6.20 Å². The van der Waals surface area contributed by atoms with Gasteiger partial charge >= 0.3 is 0 Å². The number of hydrogen-bond donors (Lipinski definition) is 1. The van der Waals surface area contributed by atoms with Gasteiger partial charge in [-0.25, -0.2) is 0 Å². The predicted octanol–water partition coefficient (Wildman–Crippen LogP) is 2.60. The Bertz CT molecular complexity index is 471. The topological polar surface area (TPSA) is 42.4 Å². The van der Waals surface area contributed by atoms with Gasteiger partial charge in [0.2, 0.25) is 0 Å². The predicted molar refractivity (Wildman–Crippen MR) is 65.2 cm³/mol. The number of rotatable bonds is 4. The van der Waals surface area contributed by atoms with Crippen LogP contribution in [0.1, 0.15) is 23.1 Å². The van der Waals surface area contributed by atoms with Crippen LogP contribution in [0.3, 0.4) is 0 Å². The minimum Gasteiger partial charge on any atom is -0.364 e. The highest BCUT2D eigenvalue weighted by Crippen LogP contribution is 2.19. The van der Waals surface area contributed by atoms with E-state index in [9.17, 15) is 5.11 Å². The number of aliphatic hydroxyl groups is 1. The fourth-order valence-electron chi connectivity index (χ4n) is 1.60. The van der Waals surface area contributed by atoms with E-state index in [2.05, 4.69) is 4.98 Å². The Morgan fingerprint density at radius 1 is 1.18 bits per heavy atom. The van der Waals surface area contributed by atoms with Gasteiger partial charge in [0.25, 0.3) is 0 Å². The van der Waals surface area contributed by atoms with Crippen LogP contribution in [0.5, 0.6) is 0 Å². The second-order valence-corrected chi connectivity index (χ2v) is 3.84. The molecule has 88 valence electrons. The summed E-state index contributed by atoms with van der Waals surface area (Å²) in [6.07, 6.45) is 0.803. The Morgan fingerprint density at radius 2 is 1.94 bits per heavy atom. The van der Waals surface area contributed by atoms with Crippen LogP contribution in [0.15, 0.2) is 48.7 Å². The molecule has 1 aromatic heterocycles. The molecule has 0 aliphatic carbocycles. The number of nitrogens with zero attached hydrogens (tertiary/aromatic N) is 1. The minimum absolute atomic E-state index is 0.302. The zero-order chi connectivity index (χ0) is 12.1. The van der Waals surface area contributed by atoms with Gasteiger partial charge in [0.15, 0.2) is 6.29 Å². The van der Waals surface area contributed by atoms with Gasteiger partial charge in [0.05, 0.1) is 12.3 Å². The summed E-state index contributed by atoms with van der Waals surface area (Å²) in [6.45, 7) is 2.25. The Morgan fingerprint density at radius 3 is 2.65 bits per heavy atom. The molecule has 2 aromatic rings. The van der Waals surface area contributed by atoms with Gasteiger partial charge in [0.1, 0.15) is 0 Å². The third-order valence-corrected chi connectivity index (χ3v) is 2.57. The fourth-order valence-corrected chi connectivity index (χ4v) is 1.60. The second-order valence-electron chi connectivity index (χ2n) is 3.84. The van der Waals surface area contributed by atoms with Gasteiger partial charge in [-0.05, 0) is 24.6 Å². The SMILES string of the molecule is Cc1ccccc1C(O)OCc1ccccn1. The molecule has 0 saturated heterocycles. The van der Waals surface area contributed by atoms with Crippen LogP contribution in [0.2, 0.25) is 0 Å². The maximum absolute atomic E-state index is 9.91. The van der Waals surface area contributed by atoms with Crippen LogP contribution in [0.25, 0.3) is 0 Å². The third kappa shape index (κ3) is 3.12. The Balaban J connectivity index is 1.99. The molecule has 3 nitrogen and oxygen atoms in total. The third-order valence-electron chi connectivity index (χ3n) is 2.57. The molecule has 0 aliphatic heterocycles. The van der Waals surface area contributed by atoms with E-state index >= 15 is 0 Å². The first-order chi connectivity index (χ1) is 8.27. The van der Waals surface area contributed by atoms with Crippen LogP contribution in [0.4, 0.5) is 0 Å². The first-order valence-electron chi connectivity index (χ1n) is 5.52. The van der Waals surface area contributed by atoms with Gasteiger partial charge in [-0.1, -0.05) is 30.3 Å². The molecule has 0 bridgehead atoms. The Hall–Kier alpha value is -1.71. The molecule has 1 N–H and O–H groups in total. The van der Waals surface area contributed by atoms with Crippen molar-refractivity contribution in [3.05, 3.63) is 65.5 Å². The summed E-state index contributed by atoms with van der Waals surface area (Å²) < 4.78 is 5.39. The average molecular weight is 229 g/mol. The molecule has 0 spiro atoms. The summed E-state index contributed by atoms with van der Waals surface area (Å²) in [7, 11) is 0. The van der Waals surface area contributed by atoms with Gasteiger partial charge in [-0.3, -0.25) is 4.98 Å². The molecule has 2 rings (SSSR count). The summed E-state index contributed by atoms with van der Waals surface area (Å²) in [5, 5.41) is 9.91. The number of pyridine rings is 1. The lowest BCUT2D eigenvalue weighted by Crippen LogP contribution is -2.05. The van der Waals surface area contributed by atoms with Gasteiger partial charge in [-0.2, -0.15) is 0 Å². The van der Waals surface area contributed by atoms with Crippen LogP contribution in [0, 0.1) is 6.92 Å². The molecule has 3 heteroatoms. The molecule has 0 saturated carbocycles. The standard InChI is InChI=1S/C14H15NO2/c1-11-6-2-3-8-13(11)14(16)17-10-12-7-4-5-9-15-12/h2-9,14,16H,10H2,1H3. The molecule has 0 amide bonds. The van der Waals surface area contributed by atoms with E-state index in [1.165, 1.54) is 0 Å². The minimum atomic E-state index is -0.904. The van der Waals surface area contributed by atoms with Crippen molar-refractivity contribution in [1.29, 1.82) is 0 Å². The largest absolute Gasteiger partial charge is 0.364 e. The summed E-state index contributed by atoms with van der Waals surface area (Å²) in [5.41, 5.74) is 2.62. The number of aryl methyl sites for hydroxylation is 1. The van der Waals surface area contributed by atoms with E-state index < -0.39 is 6.29 Å². The van der Waals surface area contributed by atoms with Crippen molar-refractivity contribution in [2.75, 3.05) is 0 Å². The molecular weight excluding hydrogens is 214 g/mol. The maximum Gasteiger partial charge on any atom is 0.181 e. The monoisotopic (exact) mass is 229 g/mol. The average Bonchev–Trinajstić information content (AvgIpc) is 2.38. The number of hydrogen-bond acceptors (Lipinski definition) is 3. The smallest absolute Gasteiger partial charge is 0.181 e. The van der Waals surface area contributed by atoms with Crippen molar-refractivity contribution in [3.8, 4) is 0 Å². The number of ether oxygens (including phenoxy) is 1. The van der Waals surface area contributed by atoms with Gasteiger partial charge in [0, 0.05) is 11.8 Å². The van der Waals surface area contributed by atoms with Crippen molar-refractivity contribution in [2.45, 2.75) is 19.8 Å². The van der Waals surface area contributed by atoms with Crippen LogP contribution in [-0.2, 0) is 11.3 Å². The number of aromatic nitrogens is 1. The molecule has 1 aromatic carbocycles. The molecular formula is C14H15NO2. The van der Waals surface area contributed by atoms with Crippen LogP contribution >= 0.6 is 0 Å². The maximum atomic E-state index is 9.91. The normalized spacial score (nSPS) is 12.4. The quantitative estimate of drug-likeness (QED) is 0.819. The van der Waals surface area contributed by atoms with E-state index in [0.29, 0.717) is 6.61 Å². The van der Waals surface area contributed by atoms with Gasteiger partial charge in [-0.15, -0.1) is 0 Å². The van der Waals surface area contributed by atoms with Crippen molar-refractivity contribution in [2.24, 2.45) is 0 Å². The Labute approximate surface area is 101 Å². The highest BCUT2D eigenvalue weighted by molar-refractivity contribution is 5.26. The molecule has 1 atom stereocenters. The van der Waals surface area contributed by atoms with Crippen LogP contribution < -0.4 is 0 Å². The van der Waals surface area contributed by atoms with E-state index in [-0.39, 0.29) is 0 Å². The van der Waals surface area contributed by atoms with Crippen molar-refractivity contribution in [3.63, 3.8) is 0 Å². The molecule has 1 heterocycles. The zero-order valence-electron chi connectivity index (χ0n) is 9.71. The summed E-state index contributed by atoms with van der Waals surface area (Å²) in [5.74, 6) is 0. The number of aliphatic hydroxyl groups excluding tert-OH is 1. The molecule has 0 aliphatic rings. The molecule has 17 heavy (non-hydrogen) atoms. The highest BCUT2D eigenvalue weighted by atomic mass is 16.6. The summed E-state index contributed by atoms with van der Waals surface area (Å²) in [4.78, 5) is 4.13. The first kappa shape index (κ1) is 11.8. The summed E-state index contributed by atoms with van der Waals surface area (Å²) in [6, 6.07) is 13.2. The highest BCUT2D eigenvalue weighted by Gasteiger charge is 2.10. The lowest BCUT2D eigenvalue weighted by Gasteiger charge is -2.14. The lowest BCUT2D eigenvalue weighted by molar-refractivity contribution is -0.113. The van der Waals surface area contributed by atoms with Crippen LogP contribution in [-0.4, -0.2) is 10.1 Å². The second kappa shape index (κ2) is 5.57. The lowest BCUT2D eigenvalue weighted by atomic mass is 10.1. The fraction of sp³-hybridized carbons (Fsp3) is 0.214. The molecule has 1 unspecified atom stereocenters. The van der Waals surface area contributed by atoms with Gasteiger partial charge < -0.3 is 9.84 Å². The summed E-state index contributed by atoms with van der Waals surface area (Å²) >= 11 is 0. The number of benzene rings is 1. The first-order valence-corrected chi connectivity index (χ1v) is 5.52. The molecule has 0 fully saturated rings. The van der Waals surface area contributed by atoms with Crippen molar-refractivity contribution < 1.29 is 9.84 Å². The van der Waals surface area contributed by atoms with Crippen molar-refractivity contribution in [1.82, 2.24) is 4.98 Å². The Kier molecular flexibility index (Phi) is 3.85.